The maximum Gasteiger partial charge on any atom is 0.164 e. The summed E-state index contributed by atoms with van der Waals surface area (Å²) in [6, 6.07) is 11.3. The van der Waals surface area contributed by atoms with Crippen LogP contribution in [-0.2, 0) is 4.79 Å². The maximum atomic E-state index is 11.9. The molecule has 0 aliphatic carbocycles. The number of hydrogen-bond acceptors (Lipinski definition) is 4. The molecule has 0 radical (unpaired) electrons. The minimum atomic E-state index is -0.338. The number of aliphatic hydroxyl groups is 1. The molecule has 0 spiro atoms. The van der Waals surface area contributed by atoms with Crippen LogP contribution in [0.2, 0.25) is 0 Å². The van der Waals surface area contributed by atoms with E-state index in [2.05, 4.69) is 0 Å². The van der Waals surface area contributed by atoms with Gasteiger partial charge in [0.25, 0.3) is 0 Å². The molecule has 0 unspecified atom stereocenters. The fourth-order valence-electron chi connectivity index (χ4n) is 2.17. The Bertz CT molecular complexity index is 715. The molecule has 108 valence electrons. The van der Waals surface area contributed by atoms with Crippen LogP contribution in [0, 0.1) is 6.92 Å². The zero-order valence-corrected chi connectivity index (χ0v) is 11.8. The van der Waals surface area contributed by atoms with Crippen LogP contribution in [0.25, 0.3) is 11.3 Å². The van der Waals surface area contributed by atoms with Crippen molar-refractivity contribution in [3.05, 3.63) is 59.2 Å². The molecule has 0 atom stereocenters. The number of carbonyl (C=O) groups is 1. The summed E-state index contributed by atoms with van der Waals surface area (Å²) < 4.78 is 0. The Kier molecular flexibility index (Phi) is 3.98. The van der Waals surface area contributed by atoms with Crippen molar-refractivity contribution in [1.82, 2.24) is 0 Å². The van der Waals surface area contributed by atoms with Gasteiger partial charge in [0.05, 0.1) is 5.57 Å². The normalized spacial score (nSPS) is 11.9. The van der Waals surface area contributed by atoms with Crippen molar-refractivity contribution in [2.24, 2.45) is 0 Å². The molecule has 2 aromatic carbocycles. The second-order valence-corrected chi connectivity index (χ2v) is 4.80. The Labute approximate surface area is 122 Å². The minimum absolute atomic E-state index is 0.106. The summed E-state index contributed by atoms with van der Waals surface area (Å²) >= 11 is 0. The van der Waals surface area contributed by atoms with Gasteiger partial charge in [0.15, 0.2) is 17.3 Å². The quantitative estimate of drug-likeness (QED) is 0.349. The summed E-state index contributed by atoms with van der Waals surface area (Å²) in [4.78, 5) is 11.9. The average Bonchev–Trinajstić information content (AvgIpc) is 2.45. The van der Waals surface area contributed by atoms with Crippen LogP contribution < -0.4 is 0 Å². The second-order valence-electron chi connectivity index (χ2n) is 4.80. The molecular weight excluding hydrogens is 268 g/mol. The molecule has 2 rings (SSSR count). The molecule has 21 heavy (non-hydrogen) atoms. The number of aryl methyl sites for hydroxylation is 1. The molecule has 0 amide bonds. The molecule has 0 bridgehead atoms. The molecule has 3 N–H and O–H groups in total. The molecule has 2 aromatic rings. The van der Waals surface area contributed by atoms with Gasteiger partial charge < -0.3 is 15.3 Å². The lowest BCUT2D eigenvalue weighted by atomic mass is 9.94. The van der Waals surface area contributed by atoms with Gasteiger partial charge in [-0.3, -0.25) is 4.79 Å². The number of rotatable bonds is 3. The lowest BCUT2D eigenvalue weighted by Gasteiger charge is -2.12. The van der Waals surface area contributed by atoms with Gasteiger partial charge in [-0.15, -0.1) is 0 Å². The predicted octanol–water partition coefficient (Wildman–Crippen LogP) is 3.42. The van der Waals surface area contributed by atoms with Crippen LogP contribution in [0.3, 0.4) is 0 Å². The highest BCUT2D eigenvalue weighted by Gasteiger charge is 2.19. The first-order valence-corrected chi connectivity index (χ1v) is 6.44. The van der Waals surface area contributed by atoms with Crippen LogP contribution in [0.15, 0.2) is 42.5 Å². The Morgan fingerprint density at radius 3 is 2.14 bits per heavy atom. The van der Waals surface area contributed by atoms with E-state index in [1.807, 2.05) is 6.07 Å². The number of benzene rings is 2. The van der Waals surface area contributed by atoms with Gasteiger partial charge in [0, 0.05) is 5.56 Å². The van der Waals surface area contributed by atoms with E-state index < -0.39 is 0 Å². The van der Waals surface area contributed by atoms with E-state index in [0.29, 0.717) is 16.7 Å². The highest BCUT2D eigenvalue weighted by Crippen LogP contribution is 2.34. The van der Waals surface area contributed by atoms with Gasteiger partial charge in [-0.25, -0.2) is 0 Å². The van der Waals surface area contributed by atoms with Gasteiger partial charge >= 0.3 is 0 Å². The SMILES string of the molecule is CC(=O)/C(=C(/O)c1ccccc1)c1cc(O)c(O)cc1C. The molecule has 0 saturated heterocycles. The maximum absolute atomic E-state index is 11.9. The molecule has 0 aliphatic heterocycles. The number of hydrogen-bond donors (Lipinski definition) is 3. The summed E-state index contributed by atoms with van der Waals surface area (Å²) in [5.74, 6) is -1.09. The number of aliphatic hydroxyl groups excluding tert-OH is 1. The van der Waals surface area contributed by atoms with Crippen molar-refractivity contribution in [3.63, 3.8) is 0 Å². The molecule has 0 fully saturated rings. The monoisotopic (exact) mass is 284 g/mol. The fraction of sp³-hybridized carbons (Fsp3) is 0.118. The van der Waals surface area contributed by atoms with Crippen LogP contribution >= 0.6 is 0 Å². The van der Waals surface area contributed by atoms with E-state index in [4.69, 9.17) is 0 Å². The zero-order chi connectivity index (χ0) is 15.6. The largest absolute Gasteiger partial charge is 0.507 e. The van der Waals surface area contributed by atoms with Crippen LogP contribution in [0.1, 0.15) is 23.6 Å². The number of ketones is 1. The topological polar surface area (TPSA) is 77.8 Å². The predicted molar refractivity (Wildman–Crippen MR) is 81.1 cm³/mol. The van der Waals surface area contributed by atoms with Gasteiger partial charge in [-0.05, 0) is 37.1 Å². The fourth-order valence-corrected chi connectivity index (χ4v) is 2.17. The van der Waals surface area contributed by atoms with Crippen LogP contribution in [0.4, 0.5) is 0 Å². The third-order valence-electron chi connectivity index (χ3n) is 3.23. The number of phenols is 2. The van der Waals surface area contributed by atoms with Gasteiger partial charge in [-0.2, -0.15) is 0 Å². The minimum Gasteiger partial charge on any atom is -0.507 e. The number of aromatic hydroxyl groups is 2. The average molecular weight is 284 g/mol. The van der Waals surface area contributed by atoms with E-state index in [1.165, 1.54) is 19.1 Å². The molecule has 4 heteroatoms. The van der Waals surface area contributed by atoms with Crippen molar-refractivity contribution >= 4 is 17.1 Å². The Balaban J connectivity index is 2.71. The van der Waals surface area contributed by atoms with Crippen LogP contribution in [0.5, 0.6) is 11.5 Å². The highest BCUT2D eigenvalue weighted by atomic mass is 16.3. The van der Waals surface area contributed by atoms with Crippen molar-refractivity contribution < 1.29 is 20.1 Å². The summed E-state index contributed by atoms with van der Waals surface area (Å²) in [6.07, 6.45) is 0. The summed E-state index contributed by atoms with van der Waals surface area (Å²) in [5, 5.41) is 29.5. The Hall–Kier alpha value is -2.75. The second kappa shape index (κ2) is 5.71. The lowest BCUT2D eigenvalue weighted by Crippen LogP contribution is -2.02. The number of carbonyl (C=O) groups excluding carboxylic acids is 1. The van der Waals surface area contributed by atoms with E-state index in [1.54, 1.807) is 31.2 Å². The molecule has 0 saturated carbocycles. The van der Waals surface area contributed by atoms with Crippen molar-refractivity contribution in [1.29, 1.82) is 0 Å². The smallest absolute Gasteiger partial charge is 0.164 e. The third kappa shape index (κ3) is 2.89. The molecule has 4 nitrogen and oxygen atoms in total. The van der Waals surface area contributed by atoms with Gasteiger partial charge in [-0.1, -0.05) is 30.3 Å². The van der Waals surface area contributed by atoms with E-state index in [0.717, 1.165) is 0 Å². The first-order chi connectivity index (χ1) is 9.91. The summed E-state index contributed by atoms with van der Waals surface area (Å²) in [5.41, 5.74) is 1.58. The molecule has 0 aromatic heterocycles. The van der Waals surface area contributed by atoms with E-state index in [-0.39, 0.29) is 28.6 Å². The van der Waals surface area contributed by atoms with Gasteiger partial charge in [0.1, 0.15) is 5.76 Å². The summed E-state index contributed by atoms with van der Waals surface area (Å²) in [6.45, 7) is 3.04. The van der Waals surface area contributed by atoms with Gasteiger partial charge in [0.2, 0.25) is 0 Å². The van der Waals surface area contributed by atoms with Crippen molar-refractivity contribution in [2.45, 2.75) is 13.8 Å². The number of phenolic OH excluding ortho intramolecular Hbond substituents is 2. The van der Waals surface area contributed by atoms with E-state index >= 15 is 0 Å². The first-order valence-electron chi connectivity index (χ1n) is 6.44. The Morgan fingerprint density at radius 2 is 1.57 bits per heavy atom. The zero-order valence-electron chi connectivity index (χ0n) is 11.8. The Morgan fingerprint density at radius 1 is 1.00 bits per heavy atom. The lowest BCUT2D eigenvalue weighted by molar-refractivity contribution is -0.111. The molecule has 0 aliphatic rings. The molecule has 0 heterocycles. The van der Waals surface area contributed by atoms with E-state index in [9.17, 15) is 20.1 Å². The first kappa shape index (κ1) is 14.7. The summed E-state index contributed by atoms with van der Waals surface area (Å²) in [7, 11) is 0. The van der Waals surface area contributed by atoms with Crippen molar-refractivity contribution in [2.75, 3.05) is 0 Å². The third-order valence-corrected chi connectivity index (χ3v) is 3.23. The number of Topliss-reactive ketones (excluding diaryl/α,β-unsaturated/α-hetero) is 1. The van der Waals surface area contributed by atoms with Crippen LogP contribution in [-0.4, -0.2) is 21.1 Å². The number of allylic oxidation sites excluding steroid dienone is 1. The highest BCUT2D eigenvalue weighted by molar-refractivity contribution is 6.26. The standard InChI is InChI=1S/C17H16O4/c1-10-8-14(19)15(20)9-13(10)16(11(2)18)17(21)12-6-4-3-5-7-12/h3-9,19-21H,1-2H3/b17-16-. The van der Waals surface area contributed by atoms with Crippen molar-refractivity contribution in [3.8, 4) is 11.5 Å². The molecular formula is C17H16O4.